The maximum atomic E-state index is 12.5. The molecule has 3 aromatic carbocycles. The van der Waals surface area contributed by atoms with Gasteiger partial charge in [-0.1, -0.05) is 29.4 Å². The predicted octanol–water partition coefficient (Wildman–Crippen LogP) is 5.31. The minimum atomic E-state index is -0.180. The number of ether oxygens (including phenoxy) is 1. The molecule has 0 aliphatic carbocycles. The molecule has 0 aliphatic heterocycles. The van der Waals surface area contributed by atoms with Crippen LogP contribution in [0.1, 0.15) is 28.7 Å². The maximum Gasteiger partial charge on any atom is 0.255 e. The smallest absolute Gasteiger partial charge is 0.255 e. The Labute approximate surface area is 186 Å². The van der Waals surface area contributed by atoms with Gasteiger partial charge in [0.25, 0.3) is 5.91 Å². The molecular weight excluding hydrogens is 404 g/mol. The standard InChI is InChI=1S/C25H24N4O3/c1-3-31-21-14-12-20(13-15-21)27-25(30)18-8-10-19(11-9-18)26-16-23-28-24(29-32-23)22-7-5-4-6-17(22)2/h4-15,26H,3,16H2,1-2H3,(H,27,30). The number of aromatic nitrogens is 2. The number of carbonyl (C=O) groups excluding carboxylic acids is 1. The maximum absolute atomic E-state index is 12.5. The predicted molar refractivity (Wildman–Crippen MR) is 124 cm³/mol. The second-order valence-corrected chi connectivity index (χ2v) is 7.17. The number of carbonyl (C=O) groups is 1. The van der Waals surface area contributed by atoms with Gasteiger partial charge in [-0.15, -0.1) is 0 Å². The molecule has 1 heterocycles. The summed E-state index contributed by atoms with van der Waals surface area (Å²) in [5.74, 6) is 1.65. The number of hydrogen-bond donors (Lipinski definition) is 2. The van der Waals surface area contributed by atoms with E-state index in [2.05, 4.69) is 20.8 Å². The SMILES string of the molecule is CCOc1ccc(NC(=O)c2ccc(NCc3nc(-c4ccccc4C)no3)cc2)cc1. The van der Waals surface area contributed by atoms with Gasteiger partial charge in [0.05, 0.1) is 13.2 Å². The summed E-state index contributed by atoms with van der Waals surface area (Å²) in [5.41, 5.74) is 4.15. The number of rotatable bonds is 8. The number of nitrogens with zero attached hydrogens (tertiary/aromatic N) is 2. The van der Waals surface area contributed by atoms with Crippen LogP contribution in [0.25, 0.3) is 11.4 Å². The normalized spacial score (nSPS) is 10.6. The molecule has 7 nitrogen and oxygen atoms in total. The first-order valence-electron chi connectivity index (χ1n) is 10.4. The van der Waals surface area contributed by atoms with Crippen LogP contribution in [0, 0.1) is 6.92 Å². The lowest BCUT2D eigenvalue weighted by Crippen LogP contribution is -2.11. The van der Waals surface area contributed by atoms with Crippen LogP contribution in [0.3, 0.4) is 0 Å². The highest BCUT2D eigenvalue weighted by molar-refractivity contribution is 6.04. The van der Waals surface area contributed by atoms with Crippen LogP contribution in [0.4, 0.5) is 11.4 Å². The van der Waals surface area contributed by atoms with Gasteiger partial charge in [0, 0.05) is 22.5 Å². The van der Waals surface area contributed by atoms with Crippen molar-refractivity contribution >= 4 is 17.3 Å². The van der Waals surface area contributed by atoms with Gasteiger partial charge < -0.3 is 19.9 Å². The van der Waals surface area contributed by atoms with Gasteiger partial charge in [0.15, 0.2) is 0 Å². The van der Waals surface area contributed by atoms with E-state index in [9.17, 15) is 4.79 Å². The third kappa shape index (κ3) is 5.13. The number of aryl methyl sites for hydroxylation is 1. The van der Waals surface area contributed by atoms with Crippen LogP contribution < -0.4 is 15.4 Å². The van der Waals surface area contributed by atoms with E-state index in [0.29, 0.717) is 36.1 Å². The Morgan fingerprint density at radius 1 is 0.969 bits per heavy atom. The van der Waals surface area contributed by atoms with E-state index < -0.39 is 0 Å². The second-order valence-electron chi connectivity index (χ2n) is 7.17. The molecule has 0 saturated heterocycles. The van der Waals surface area contributed by atoms with Gasteiger partial charge >= 0.3 is 0 Å². The minimum Gasteiger partial charge on any atom is -0.494 e. The van der Waals surface area contributed by atoms with E-state index >= 15 is 0 Å². The zero-order chi connectivity index (χ0) is 22.3. The van der Waals surface area contributed by atoms with E-state index in [1.54, 1.807) is 12.1 Å². The number of anilines is 2. The summed E-state index contributed by atoms with van der Waals surface area (Å²) < 4.78 is 10.8. The van der Waals surface area contributed by atoms with Crippen LogP contribution in [-0.2, 0) is 6.54 Å². The molecular formula is C25H24N4O3. The molecule has 0 radical (unpaired) electrons. The van der Waals surface area contributed by atoms with Crippen LogP contribution in [-0.4, -0.2) is 22.7 Å². The average molecular weight is 428 g/mol. The largest absolute Gasteiger partial charge is 0.494 e. The number of amides is 1. The van der Waals surface area contributed by atoms with Gasteiger partial charge in [-0.2, -0.15) is 4.98 Å². The summed E-state index contributed by atoms with van der Waals surface area (Å²) in [6, 6.07) is 22.4. The van der Waals surface area contributed by atoms with Gasteiger partial charge in [0.1, 0.15) is 5.75 Å². The zero-order valence-corrected chi connectivity index (χ0v) is 18.0. The van der Waals surface area contributed by atoms with Crippen LogP contribution in [0.5, 0.6) is 5.75 Å². The third-order valence-electron chi connectivity index (χ3n) is 4.87. The van der Waals surface area contributed by atoms with E-state index in [0.717, 1.165) is 22.6 Å². The molecule has 0 atom stereocenters. The van der Waals surface area contributed by atoms with Crippen molar-refractivity contribution in [1.29, 1.82) is 0 Å². The van der Waals surface area contributed by atoms with Crippen LogP contribution >= 0.6 is 0 Å². The number of nitrogens with one attached hydrogen (secondary N) is 2. The summed E-state index contributed by atoms with van der Waals surface area (Å²) in [5, 5.41) is 10.2. The molecule has 162 valence electrons. The molecule has 0 unspecified atom stereocenters. The third-order valence-corrected chi connectivity index (χ3v) is 4.87. The van der Waals surface area contributed by atoms with Gasteiger partial charge in [0.2, 0.25) is 11.7 Å². The molecule has 0 bridgehead atoms. The van der Waals surface area contributed by atoms with Crippen molar-refractivity contribution in [3.8, 4) is 17.1 Å². The van der Waals surface area contributed by atoms with Crippen molar-refractivity contribution in [3.05, 3.63) is 89.8 Å². The highest BCUT2D eigenvalue weighted by Gasteiger charge is 2.11. The minimum absolute atomic E-state index is 0.180. The Hall–Kier alpha value is -4.13. The molecule has 4 aromatic rings. The van der Waals surface area contributed by atoms with Crippen LogP contribution in [0.15, 0.2) is 77.3 Å². The first kappa shape index (κ1) is 21.1. The molecule has 0 aliphatic rings. The molecule has 1 aromatic heterocycles. The summed E-state index contributed by atoms with van der Waals surface area (Å²) in [4.78, 5) is 16.9. The quantitative estimate of drug-likeness (QED) is 0.395. The second kappa shape index (κ2) is 9.78. The summed E-state index contributed by atoms with van der Waals surface area (Å²) in [7, 11) is 0. The van der Waals surface area contributed by atoms with Crippen LogP contribution in [0.2, 0.25) is 0 Å². The topological polar surface area (TPSA) is 89.3 Å². The molecule has 1 amide bonds. The molecule has 4 rings (SSSR count). The lowest BCUT2D eigenvalue weighted by atomic mass is 10.1. The van der Waals surface area contributed by atoms with E-state index in [1.165, 1.54) is 0 Å². The van der Waals surface area contributed by atoms with Gasteiger partial charge in [-0.25, -0.2) is 0 Å². The fourth-order valence-electron chi connectivity index (χ4n) is 3.18. The van der Waals surface area contributed by atoms with Crippen molar-refractivity contribution in [2.75, 3.05) is 17.2 Å². The summed E-state index contributed by atoms with van der Waals surface area (Å²) in [6.45, 7) is 4.93. The Bertz CT molecular complexity index is 1180. The fraction of sp³-hybridized carbons (Fsp3) is 0.160. The van der Waals surface area contributed by atoms with Crippen molar-refractivity contribution in [2.45, 2.75) is 20.4 Å². The molecule has 0 spiro atoms. The summed E-state index contributed by atoms with van der Waals surface area (Å²) in [6.07, 6.45) is 0. The van der Waals surface area contributed by atoms with Crippen molar-refractivity contribution in [2.24, 2.45) is 0 Å². The molecule has 0 saturated carbocycles. The van der Waals surface area contributed by atoms with Crippen molar-refractivity contribution in [1.82, 2.24) is 10.1 Å². The summed E-state index contributed by atoms with van der Waals surface area (Å²) >= 11 is 0. The number of hydrogen-bond acceptors (Lipinski definition) is 6. The first-order valence-corrected chi connectivity index (χ1v) is 10.4. The Kier molecular flexibility index (Phi) is 6.46. The van der Waals surface area contributed by atoms with Crippen molar-refractivity contribution < 1.29 is 14.1 Å². The van der Waals surface area contributed by atoms with Gasteiger partial charge in [-0.3, -0.25) is 4.79 Å². The fourth-order valence-corrected chi connectivity index (χ4v) is 3.18. The molecule has 7 heteroatoms. The lowest BCUT2D eigenvalue weighted by molar-refractivity contribution is 0.102. The average Bonchev–Trinajstić information content (AvgIpc) is 3.28. The Morgan fingerprint density at radius 2 is 1.69 bits per heavy atom. The monoisotopic (exact) mass is 428 g/mol. The first-order chi connectivity index (χ1) is 15.6. The molecule has 2 N–H and O–H groups in total. The zero-order valence-electron chi connectivity index (χ0n) is 18.0. The Balaban J connectivity index is 1.33. The van der Waals surface area contributed by atoms with E-state index in [-0.39, 0.29) is 5.91 Å². The number of benzene rings is 3. The highest BCUT2D eigenvalue weighted by Crippen LogP contribution is 2.21. The molecule has 32 heavy (non-hydrogen) atoms. The van der Waals surface area contributed by atoms with E-state index in [4.69, 9.17) is 9.26 Å². The highest BCUT2D eigenvalue weighted by atomic mass is 16.5. The van der Waals surface area contributed by atoms with Crippen molar-refractivity contribution in [3.63, 3.8) is 0 Å². The van der Waals surface area contributed by atoms with Gasteiger partial charge in [-0.05, 0) is 67.9 Å². The lowest BCUT2D eigenvalue weighted by Gasteiger charge is -2.08. The Morgan fingerprint density at radius 3 is 2.41 bits per heavy atom. The van der Waals surface area contributed by atoms with E-state index in [1.807, 2.05) is 74.5 Å². The molecule has 0 fully saturated rings.